The number of carbonyl (C=O) groups excluding carboxylic acids is 2. The number of hydrogen-bond acceptors (Lipinski definition) is 3. The second-order valence-corrected chi connectivity index (χ2v) is 9.55. The van der Waals surface area contributed by atoms with Gasteiger partial charge in [-0.3, -0.25) is 9.59 Å². The molecule has 6 nitrogen and oxygen atoms in total. The Balaban J connectivity index is 1.23. The van der Waals surface area contributed by atoms with Crippen LogP contribution in [0, 0.1) is 0 Å². The van der Waals surface area contributed by atoms with Crippen LogP contribution in [0.15, 0.2) is 85.1 Å². The molecule has 5 rings (SSSR count). The number of rotatable bonds is 9. The summed E-state index contributed by atoms with van der Waals surface area (Å²) in [4.78, 5) is 27.6. The normalized spacial score (nSPS) is 13.8. The summed E-state index contributed by atoms with van der Waals surface area (Å²) in [6, 6.07) is 26.0. The van der Waals surface area contributed by atoms with Crippen molar-refractivity contribution in [1.29, 1.82) is 0 Å². The number of ether oxygens (including phenoxy) is 1. The van der Waals surface area contributed by atoms with Crippen LogP contribution in [-0.4, -0.2) is 41.0 Å². The molecule has 1 N–H and O–H groups in total. The van der Waals surface area contributed by atoms with E-state index in [-0.39, 0.29) is 24.3 Å². The molecule has 0 saturated carbocycles. The smallest absolute Gasteiger partial charge is 0.257 e. The minimum atomic E-state index is -0.188. The SMILES string of the molecule is CC(C)n1ccc2c(OCC(=O)NCC(CN3Cc4ccccc4C3=O)c3ccccc3)cccc21. The van der Waals surface area contributed by atoms with E-state index in [1.54, 1.807) is 0 Å². The van der Waals surface area contributed by atoms with E-state index < -0.39 is 0 Å². The number of nitrogens with zero attached hydrogens (tertiary/aromatic N) is 2. The Morgan fingerprint density at radius 2 is 1.75 bits per heavy atom. The zero-order valence-electron chi connectivity index (χ0n) is 20.7. The fraction of sp³-hybridized carbons (Fsp3) is 0.267. The van der Waals surface area contributed by atoms with E-state index in [1.807, 2.05) is 83.9 Å². The number of nitrogens with one attached hydrogen (secondary N) is 1. The van der Waals surface area contributed by atoms with Gasteiger partial charge in [-0.05, 0) is 49.2 Å². The van der Waals surface area contributed by atoms with E-state index in [0.29, 0.717) is 31.4 Å². The van der Waals surface area contributed by atoms with Crippen molar-refractivity contribution in [1.82, 2.24) is 14.8 Å². The van der Waals surface area contributed by atoms with Crippen molar-refractivity contribution in [2.24, 2.45) is 0 Å². The molecule has 1 aliphatic rings. The maximum absolute atomic E-state index is 12.9. The van der Waals surface area contributed by atoms with E-state index in [2.05, 4.69) is 29.8 Å². The summed E-state index contributed by atoms with van der Waals surface area (Å²) in [5.41, 5.74) is 3.99. The van der Waals surface area contributed by atoms with Gasteiger partial charge in [0.15, 0.2) is 6.61 Å². The Morgan fingerprint density at radius 3 is 2.53 bits per heavy atom. The van der Waals surface area contributed by atoms with Crippen LogP contribution in [0.2, 0.25) is 0 Å². The van der Waals surface area contributed by atoms with E-state index in [1.165, 1.54) is 0 Å². The Kier molecular flexibility index (Phi) is 6.76. The Hall–Kier alpha value is -4.06. The van der Waals surface area contributed by atoms with Gasteiger partial charge in [-0.2, -0.15) is 0 Å². The Labute approximate surface area is 211 Å². The first-order valence-electron chi connectivity index (χ1n) is 12.4. The minimum Gasteiger partial charge on any atom is -0.483 e. The lowest BCUT2D eigenvalue weighted by Crippen LogP contribution is -2.37. The maximum Gasteiger partial charge on any atom is 0.257 e. The van der Waals surface area contributed by atoms with Crippen LogP contribution in [0.3, 0.4) is 0 Å². The summed E-state index contributed by atoms with van der Waals surface area (Å²) in [6.45, 7) is 5.74. The van der Waals surface area contributed by atoms with Crippen molar-refractivity contribution in [3.05, 3.63) is 102 Å². The third-order valence-electron chi connectivity index (χ3n) is 6.79. The molecule has 4 aromatic rings. The van der Waals surface area contributed by atoms with Crippen molar-refractivity contribution in [2.45, 2.75) is 32.4 Å². The van der Waals surface area contributed by atoms with Gasteiger partial charge in [0.2, 0.25) is 0 Å². The highest BCUT2D eigenvalue weighted by Crippen LogP contribution is 2.29. The molecule has 0 radical (unpaired) electrons. The Morgan fingerprint density at radius 1 is 0.972 bits per heavy atom. The van der Waals surface area contributed by atoms with Gasteiger partial charge in [-0.15, -0.1) is 0 Å². The zero-order valence-corrected chi connectivity index (χ0v) is 20.7. The Bertz CT molecular complexity index is 1380. The largest absolute Gasteiger partial charge is 0.483 e. The molecule has 3 aromatic carbocycles. The topological polar surface area (TPSA) is 63.6 Å². The zero-order chi connectivity index (χ0) is 25.1. The molecule has 1 aliphatic heterocycles. The van der Waals surface area contributed by atoms with Gasteiger partial charge in [-0.1, -0.05) is 54.6 Å². The molecule has 0 saturated heterocycles. The molecular formula is C30H31N3O3. The third-order valence-corrected chi connectivity index (χ3v) is 6.79. The van der Waals surface area contributed by atoms with Crippen LogP contribution in [0.25, 0.3) is 10.9 Å². The fourth-order valence-corrected chi connectivity index (χ4v) is 4.91. The molecule has 1 aromatic heterocycles. The van der Waals surface area contributed by atoms with Gasteiger partial charge in [0.05, 0.1) is 5.52 Å². The molecular weight excluding hydrogens is 450 g/mol. The third kappa shape index (κ3) is 4.85. The molecule has 6 heteroatoms. The number of amides is 2. The molecule has 36 heavy (non-hydrogen) atoms. The van der Waals surface area contributed by atoms with E-state index in [9.17, 15) is 9.59 Å². The van der Waals surface area contributed by atoms with Gasteiger partial charge < -0.3 is 19.5 Å². The highest BCUT2D eigenvalue weighted by molar-refractivity contribution is 5.98. The number of benzene rings is 3. The van der Waals surface area contributed by atoms with Crippen molar-refractivity contribution in [3.63, 3.8) is 0 Å². The number of hydrogen-bond donors (Lipinski definition) is 1. The highest BCUT2D eigenvalue weighted by Gasteiger charge is 2.29. The second kappa shape index (κ2) is 10.3. The predicted octanol–water partition coefficient (Wildman–Crippen LogP) is 5.16. The molecule has 2 amide bonds. The standard InChI is InChI=1S/C30H31N3O3/c1-21(2)33-16-15-26-27(33)13-8-14-28(26)36-20-29(34)31-17-24(22-9-4-3-5-10-22)19-32-18-23-11-6-7-12-25(23)30(32)35/h3-16,21,24H,17-20H2,1-2H3,(H,31,34). The molecule has 0 spiro atoms. The van der Waals surface area contributed by atoms with Crippen molar-refractivity contribution >= 4 is 22.7 Å². The fourth-order valence-electron chi connectivity index (χ4n) is 4.91. The minimum absolute atomic E-state index is 0.0306. The molecule has 0 aliphatic carbocycles. The van der Waals surface area contributed by atoms with Crippen LogP contribution in [0.1, 0.15) is 47.3 Å². The van der Waals surface area contributed by atoms with Crippen LogP contribution in [-0.2, 0) is 11.3 Å². The van der Waals surface area contributed by atoms with Gasteiger partial charge in [-0.25, -0.2) is 0 Å². The lowest BCUT2D eigenvalue weighted by molar-refractivity contribution is -0.123. The highest BCUT2D eigenvalue weighted by atomic mass is 16.5. The maximum atomic E-state index is 12.9. The van der Waals surface area contributed by atoms with Crippen LogP contribution < -0.4 is 10.1 Å². The van der Waals surface area contributed by atoms with E-state index in [0.717, 1.165) is 27.6 Å². The van der Waals surface area contributed by atoms with E-state index >= 15 is 0 Å². The monoisotopic (exact) mass is 481 g/mol. The van der Waals surface area contributed by atoms with Gasteiger partial charge in [0.25, 0.3) is 11.8 Å². The van der Waals surface area contributed by atoms with Crippen molar-refractivity contribution in [2.75, 3.05) is 19.7 Å². The molecule has 1 atom stereocenters. The molecule has 2 heterocycles. The number of fused-ring (bicyclic) bond motifs is 2. The molecule has 0 bridgehead atoms. The first kappa shape index (κ1) is 23.7. The number of carbonyl (C=O) groups is 2. The summed E-state index contributed by atoms with van der Waals surface area (Å²) in [5, 5.41) is 4.02. The lowest BCUT2D eigenvalue weighted by atomic mass is 9.98. The second-order valence-electron chi connectivity index (χ2n) is 9.55. The average molecular weight is 482 g/mol. The van der Waals surface area contributed by atoms with Crippen LogP contribution in [0.4, 0.5) is 0 Å². The quantitative estimate of drug-likeness (QED) is 0.359. The summed E-state index contributed by atoms with van der Waals surface area (Å²) in [6.07, 6.45) is 2.05. The van der Waals surface area contributed by atoms with Gasteiger partial charge >= 0.3 is 0 Å². The first-order valence-corrected chi connectivity index (χ1v) is 12.4. The first-order chi connectivity index (χ1) is 17.5. The van der Waals surface area contributed by atoms with Crippen molar-refractivity contribution in [3.8, 4) is 5.75 Å². The summed E-state index contributed by atoms with van der Waals surface area (Å²) in [5.74, 6) is 0.522. The lowest BCUT2D eigenvalue weighted by Gasteiger charge is -2.24. The summed E-state index contributed by atoms with van der Waals surface area (Å²) in [7, 11) is 0. The van der Waals surface area contributed by atoms with Crippen LogP contribution in [0.5, 0.6) is 5.75 Å². The molecule has 1 unspecified atom stereocenters. The summed E-state index contributed by atoms with van der Waals surface area (Å²) < 4.78 is 8.10. The molecule has 0 fully saturated rings. The van der Waals surface area contributed by atoms with Gasteiger partial charge in [0, 0.05) is 48.7 Å². The average Bonchev–Trinajstić information content (AvgIpc) is 3.47. The van der Waals surface area contributed by atoms with Crippen molar-refractivity contribution < 1.29 is 14.3 Å². The van der Waals surface area contributed by atoms with Gasteiger partial charge in [0.1, 0.15) is 5.75 Å². The number of aromatic nitrogens is 1. The van der Waals surface area contributed by atoms with E-state index in [4.69, 9.17) is 4.74 Å². The summed E-state index contributed by atoms with van der Waals surface area (Å²) >= 11 is 0. The predicted molar refractivity (Wildman–Crippen MR) is 141 cm³/mol. The van der Waals surface area contributed by atoms with Crippen LogP contribution >= 0.6 is 0 Å². The molecule has 184 valence electrons.